The van der Waals surface area contributed by atoms with Crippen molar-refractivity contribution >= 4 is 22.4 Å². The Kier molecular flexibility index (Phi) is 4.36. The summed E-state index contributed by atoms with van der Waals surface area (Å²) in [5.74, 6) is 2.37. The minimum Gasteiger partial charge on any atom is -0.493 e. The molecule has 0 amide bonds. The molecule has 0 aliphatic carbocycles. The van der Waals surface area contributed by atoms with Gasteiger partial charge in [-0.15, -0.1) is 0 Å². The summed E-state index contributed by atoms with van der Waals surface area (Å²) in [4.78, 5) is 4.68. The van der Waals surface area contributed by atoms with Crippen LogP contribution in [0.15, 0.2) is 53.5 Å². The molecule has 0 aromatic heterocycles. The first-order valence-electron chi connectivity index (χ1n) is 8.69. The largest absolute Gasteiger partial charge is 0.493 e. The zero-order valence-corrected chi connectivity index (χ0v) is 15.8. The third kappa shape index (κ3) is 2.85. The zero-order valence-electron chi connectivity index (χ0n) is 15.8. The Morgan fingerprint density at radius 2 is 1.59 bits per heavy atom. The number of nitrogens with zero attached hydrogens (tertiary/aromatic N) is 1. The van der Waals surface area contributed by atoms with E-state index in [9.17, 15) is 0 Å². The molecule has 1 heterocycles. The summed E-state index contributed by atoms with van der Waals surface area (Å²) in [5, 5.41) is 2.26. The van der Waals surface area contributed by atoms with Gasteiger partial charge in [0.25, 0.3) is 0 Å². The maximum Gasteiger partial charge on any atom is 0.203 e. The number of benzene rings is 3. The van der Waals surface area contributed by atoms with E-state index in [0.717, 1.165) is 27.6 Å². The van der Waals surface area contributed by atoms with Gasteiger partial charge in [0, 0.05) is 23.4 Å². The van der Waals surface area contributed by atoms with Gasteiger partial charge in [0.15, 0.2) is 23.5 Å². The second-order valence-corrected chi connectivity index (χ2v) is 6.31. The second kappa shape index (κ2) is 6.83. The summed E-state index contributed by atoms with van der Waals surface area (Å²) < 4.78 is 22.6. The van der Waals surface area contributed by atoms with E-state index < -0.39 is 0 Å². The van der Waals surface area contributed by atoms with Crippen molar-refractivity contribution in [3.63, 3.8) is 0 Å². The topological polar surface area (TPSA) is 49.3 Å². The Hall–Kier alpha value is -3.21. The van der Waals surface area contributed by atoms with Crippen LogP contribution in [0.5, 0.6) is 17.2 Å². The van der Waals surface area contributed by atoms with Crippen LogP contribution in [0.3, 0.4) is 0 Å². The van der Waals surface area contributed by atoms with E-state index >= 15 is 0 Å². The number of fused-ring (bicyclic) bond motifs is 3. The minimum absolute atomic E-state index is 0.309. The number of hydrogen-bond donors (Lipinski definition) is 0. The van der Waals surface area contributed by atoms with Crippen LogP contribution >= 0.6 is 0 Å². The lowest BCUT2D eigenvalue weighted by Gasteiger charge is -2.27. The Balaban J connectivity index is 1.92. The van der Waals surface area contributed by atoms with Crippen LogP contribution in [0.4, 0.5) is 5.69 Å². The van der Waals surface area contributed by atoms with Crippen molar-refractivity contribution in [2.75, 3.05) is 21.3 Å². The Morgan fingerprint density at radius 1 is 0.889 bits per heavy atom. The molecule has 4 rings (SSSR count). The first-order valence-corrected chi connectivity index (χ1v) is 8.69. The molecular weight excluding hydrogens is 342 g/mol. The van der Waals surface area contributed by atoms with Gasteiger partial charge in [-0.1, -0.05) is 36.4 Å². The average molecular weight is 363 g/mol. The van der Waals surface area contributed by atoms with Gasteiger partial charge in [-0.05, 0) is 17.5 Å². The van der Waals surface area contributed by atoms with Crippen LogP contribution in [0.2, 0.25) is 0 Å². The number of ether oxygens (including phenoxy) is 4. The summed E-state index contributed by atoms with van der Waals surface area (Å²) in [6.45, 7) is 1.87. The van der Waals surface area contributed by atoms with E-state index in [1.165, 1.54) is 0 Å². The first kappa shape index (κ1) is 17.2. The lowest BCUT2D eigenvalue weighted by atomic mass is 9.94. The fourth-order valence-corrected chi connectivity index (χ4v) is 3.53. The van der Waals surface area contributed by atoms with Gasteiger partial charge < -0.3 is 18.9 Å². The average Bonchev–Trinajstić information content (AvgIpc) is 2.71. The summed E-state index contributed by atoms with van der Waals surface area (Å²) >= 11 is 0. The van der Waals surface area contributed by atoms with E-state index in [0.29, 0.717) is 23.1 Å². The number of hydrogen-bond acceptors (Lipinski definition) is 5. The standard InChI is InChI=1S/C22H21NO4/c1-13-23-20-16-8-6-5-7-14(16)9-10-17(20)21(27-13)15-11-18(24-2)22(26-4)19(12-15)25-3/h5-12,21H,1-4H3. The van der Waals surface area contributed by atoms with Gasteiger partial charge in [0.2, 0.25) is 5.75 Å². The Morgan fingerprint density at radius 3 is 2.26 bits per heavy atom. The normalized spacial score (nSPS) is 15.6. The summed E-state index contributed by atoms with van der Waals surface area (Å²) in [5.41, 5.74) is 2.86. The highest BCUT2D eigenvalue weighted by Crippen LogP contribution is 2.46. The SMILES string of the molecule is COc1cc(C2OC(C)=Nc3c2ccc2ccccc32)cc(OC)c1OC. The van der Waals surface area contributed by atoms with Crippen molar-refractivity contribution in [2.24, 2.45) is 4.99 Å². The Bertz CT molecular complexity index is 1020. The van der Waals surface area contributed by atoms with Crippen LogP contribution in [0, 0.1) is 0 Å². The van der Waals surface area contributed by atoms with Crippen molar-refractivity contribution in [1.29, 1.82) is 0 Å². The smallest absolute Gasteiger partial charge is 0.203 e. The van der Waals surface area contributed by atoms with Gasteiger partial charge in [0.1, 0.15) is 0 Å². The monoisotopic (exact) mass is 363 g/mol. The van der Waals surface area contributed by atoms with E-state index in [4.69, 9.17) is 18.9 Å². The lowest BCUT2D eigenvalue weighted by Crippen LogP contribution is -2.15. The Labute approximate surface area is 158 Å². The molecule has 138 valence electrons. The zero-order chi connectivity index (χ0) is 19.0. The molecule has 1 atom stereocenters. The van der Waals surface area contributed by atoms with Gasteiger partial charge in [-0.25, -0.2) is 4.99 Å². The molecule has 1 aliphatic rings. The molecule has 3 aromatic rings. The molecule has 0 bridgehead atoms. The molecule has 1 unspecified atom stereocenters. The summed E-state index contributed by atoms with van der Waals surface area (Å²) in [6.07, 6.45) is -0.309. The highest BCUT2D eigenvalue weighted by molar-refractivity contribution is 5.98. The molecule has 3 aromatic carbocycles. The highest BCUT2D eigenvalue weighted by Gasteiger charge is 2.27. The predicted octanol–water partition coefficient (Wildman–Crippen LogP) is 5.04. The van der Waals surface area contributed by atoms with Crippen molar-refractivity contribution in [1.82, 2.24) is 0 Å². The van der Waals surface area contributed by atoms with Gasteiger partial charge in [0.05, 0.1) is 27.0 Å². The fraction of sp³-hybridized carbons (Fsp3) is 0.227. The minimum atomic E-state index is -0.309. The van der Waals surface area contributed by atoms with E-state index in [1.807, 2.05) is 31.2 Å². The molecule has 27 heavy (non-hydrogen) atoms. The van der Waals surface area contributed by atoms with Gasteiger partial charge in [-0.2, -0.15) is 0 Å². The van der Waals surface area contributed by atoms with Crippen LogP contribution in [0.25, 0.3) is 10.8 Å². The van der Waals surface area contributed by atoms with Crippen molar-refractivity contribution in [3.05, 3.63) is 59.7 Å². The molecule has 5 nitrogen and oxygen atoms in total. The lowest BCUT2D eigenvalue weighted by molar-refractivity contribution is 0.224. The van der Waals surface area contributed by atoms with Crippen molar-refractivity contribution in [3.8, 4) is 17.2 Å². The first-order chi connectivity index (χ1) is 13.2. The van der Waals surface area contributed by atoms with Gasteiger partial charge in [-0.3, -0.25) is 0 Å². The molecule has 0 spiro atoms. The van der Waals surface area contributed by atoms with E-state index in [-0.39, 0.29) is 6.10 Å². The second-order valence-electron chi connectivity index (χ2n) is 6.31. The van der Waals surface area contributed by atoms with Crippen LogP contribution in [-0.4, -0.2) is 27.2 Å². The third-order valence-electron chi connectivity index (χ3n) is 4.76. The predicted molar refractivity (Wildman–Crippen MR) is 106 cm³/mol. The summed E-state index contributed by atoms with van der Waals surface area (Å²) in [7, 11) is 4.81. The molecular formula is C22H21NO4. The van der Waals surface area contributed by atoms with Crippen LogP contribution in [0.1, 0.15) is 24.2 Å². The van der Waals surface area contributed by atoms with Crippen molar-refractivity contribution < 1.29 is 18.9 Å². The van der Waals surface area contributed by atoms with Crippen LogP contribution in [-0.2, 0) is 4.74 Å². The maximum absolute atomic E-state index is 6.12. The van der Waals surface area contributed by atoms with E-state index in [2.05, 4.69) is 29.3 Å². The van der Waals surface area contributed by atoms with Crippen molar-refractivity contribution in [2.45, 2.75) is 13.0 Å². The van der Waals surface area contributed by atoms with E-state index in [1.54, 1.807) is 21.3 Å². The summed E-state index contributed by atoms with van der Waals surface area (Å²) in [6, 6.07) is 16.2. The van der Waals surface area contributed by atoms with Gasteiger partial charge >= 0.3 is 0 Å². The molecule has 0 saturated carbocycles. The van der Waals surface area contributed by atoms with Crippen LogP contribution < -0.4 is 14.2 Å². The molecule has 0 fully saturated rings. The molecule has 1 aliphatic heterocycles. The third-order valence-corrected chi connectivity index (χ3v) is 4.76. The molecule has 5 heteroatoms. The molecule has 0 N–H and O–H groups in total. The number of methoxy groups -OCH3 is 3. The number of rotatable bonds is 4. The quantitative estimate of drug-likeness (QED) is 0.652. The maximum atomic E-state index is 6.12. The molecule has 0 saturated heterocycles. The fourth-order valence-electron chi connectivity index (χ4n) is 3.53. The molecule has 0 radical (unpaired) electrons. The highest BCUT2D eigenvalue weighted by atomic mass is 16.5. The number of aliphatic imine (C=N–C) groups is 1.